The van der Waals surface area contributed by atoms with E-state index in [1.54, 1.807) is 0 Å². The van der Waals surface area contributed by atoms with Gasteiger partial charge in [0, 0.05) is 6.42 Å². The van der Waals surface area contributed by atoms with E-state index in [9.17, 15) is 0 Å². The first-order valence-electron chi connectivity index (χ1n) is 6.14. The van der Waals surface area contributed by atoms with Crippen molar-refractivity contribution >= 4 is 0 Å². The van der Waals surface area contributed by atoms with Gasteiger partial charge in [0.1, 0.15) is 5.75 Å². The Bertz CT molecular complexity index is 514. The Hall–Kier alpha value is -1.88. The van der Waals surface area contributed by atoms with Gasteiger partial charge in [-0.3, -0.25) is 0 Å². The van der Waals surface area contributed by atoms with Gasteiger partial charge in [-0.15, -0.1) is 0 Å². The van der Waals surface area contributed by atoms with Gasteiger partial charge in [-0.2, -0.15) is 4.98 Å². The average molecular weight is 245 g/mol. The lowest BCUT2D eigenvalue weighted by Gasteiger charge is -2.03. The van der Waals surface area contributed by atoms with Crippen molar-refractivity contribution in [3.63, 3.8) is 0 Å². The molecule has 1 atom stereocenters. The quantitative estimate of drug-likeness (QED) is 0.890. The highest BCUT2D eigenvalue weighted by Crippen LogP contribution is 2.35. The van der Waals surface area contributed by atoms with Gasteiger partial charge in [-0.1, -0.05) is 30.3 Å². The predicted molar refractivity (Wildman–Crippen MR) is 65.2 cm³/mol. The fourth-order valence-electron chi connectivity index (χ4n) is 2.03. The van der Waals surface area contributed by atoms with Crippen LogP contribution in [-0.4, -0.2) is 16.7 Å². The molecule has 0 radical (unpaired) electrons. The highest BCUT2D eigenvalue weighted by molar-refractivity contribution is 5.37. The van der Waals surface area contributed by atoms with Gasteiger partial charge >= 0.3 is 0 Å². The molecule has 94 valence electrons. The number of para-hydroxylation sites is 1. The Labute approximate surface area is 105 Å². The number of ether oxygens (including phenoxy) is 1. The van der Waals surface area contributed by atoms with Gasteiger partial charge in [0.25, 0.3) is 5.89 Å². The molecule has 0 spiro atoms. The first kappa shape index (κ1) is 11.2. The molecule has 0 saturated heterocycles. The highest BCUT2D eigenvalue weighted by atomic mass is 16.5. The van der Waals surface area contributed by atoms with Crippen LogP contribution in [0.3, 0.4) is 0 Å². The summed E-state index contributed by atoms with van der Waals surface area (Å²) in [6.45, 7) is 3.55. The third-order valence-corrected chi connectivity index (χ3v) is 2.94. The van der Waals surface area contributed by atoms with Gasteiger partial charge in [0.05, 0.1) is 6.54 Å². The van der Waals surface area contributed by atoms with Crippen molar-refractivity contribution in [3.05, 3.63) is 41.5 Å². The first-order chi connectivity index (χ1) is 8.86. The number of hydrogen-bond donors (Lipinski definition) is 1. The molecular weight excluding hydrogens is 230 g/mol. The molecule has 1 N–H and O–H groups in total. The monoisotopic (exact) mass is 245 g/mol. The summed E-state index contributed by atoms with van der Waals surface area (Å²) >= 11 is 0. The SMILES string of the molecule is CCNCc1noc(C2Cc3ccccc3O2)n1. The molecule has 0 amide bonds. The van der Waals surface area contributed by atoms with E-state index in [2.05, 4.69) is 21.5 Å². The molecule has 1 aromatic heterocycles. The van der Waals surface area contributed by atoms with E-state index in [0.29, 0.717) is 18.3 Å². The van der Waals surface area contributed by atoms with Crippen LogP contribution in [0.5, 0.6) is 5.75 Å². The molecule has 1 aliphatic rings. The zero-order valence-corrected chi connectivity index (χ0v) is 10.2. The summed E-state index contributed by atoms with van der Waals surface area (Å²) in [6.07, 6.45) is 0.643. The Balaban J connectivity index is 1.72. The van der Waals surface area contributed by atoms with Crippen molar-refractivity contribution in [1.82, 2.24) is 15.5 Å². The van der Waals surface area contributed by atoms with Gasteiger partial charge in [-0.05, 0) is 18.2 Å². The molecule has 0 aliphatic carbocycles. The van der Waals surface area contributed by atoms with E-state index in [1.807, 2.05) is 25.1 Å². The molecule has 18 heavy (non-hydrogen) atoms. The Kier molecular flexibility index (Phi) is 2.98. The van der Waals surface area contributed by atoms with Crippen LogP contribution in [0, 0.1) is 0 Å². The lowest BCUT2D eigenvalue weighted by molar-refractivity contribution is 0.183. The summed E-state index contributed by atoms with van der Waals surface area (Å²) in [5.41, 5.74) is 1.19. The molecule has 0 bridgehead atoms. The van der Waals surface area contributed by atoms with Crippen LogP contribution >= 0.6 is 0 Å². The lowest BCUT2D eigenvalue weighted by Crippen LogP contribution is -2.13. The van der Waals surface area contributed by atoms with Gasteiger partial charge < -0.3 is 14.6 Å². The van der Waals surface area contributed by atoms with Crippen molar-refractivity contribution < 1.29 is 9.26 Å². The number of rotatable bonds is 4. The molecule has 1 unspecified atom stereocenters. The zero-order valence-electron chi connectivity index (χ0n) is 10.2. The lowest BCUT2D eigenvalue weighted by atomic mass is 10.1. The molecule has 2 aromatic rings. The Morgan fingerprint density at radius 3 is 3.11 bits per heavy atom. The fraction of sp³-hybridized carbons (Fsp3) is 0.385. The van der Waals surface area contributed by atoms with Crippen LogP contribution in [0.25, 0.3) is 0 Å². The van der Waals surface area contributed by atoms with Crippen LogP contribution in [0.4, 0.5) is 0 Å². The third-order valence-electron chi connectivity index (χ3n) is 2.94. The van der Waals surface area contributed by atoms with Crippen molar-refractivity contribution in [1.29, 1.82) is 0 Å². The van der Waals surface area contributed by atoms with Crippen LogP contribution in [0.15, 0.2) is 28.8 Å². The van der Waals surface area contributed by atoms with E-state index in [-0.39, 0.29) is 6.10 Å². The number of hydrogen-bond acceptors (Lipinski definition) is 5. The number of nitrogens with one attached hydrogen (secondary N) is 1. The summed E-state index contributed by atoms with van der Waals surface area (Å²) in [4.78, 5) is 4.35. The van der Waals surface area contributed by atoms with E-state index in [0.717, 1.165) is 18.7 Å². The van der Waals surface area contributed by atoms with E-state index in [1.165, 1.54) is 5.56 Å². The van der Waals surface area contributed by atoms with Crippen molar-refractivity contribution in [3.8, 4) is 5.75 Å². The van der Waals surface area contributed by atoms with Crippen molar-refractivity contribution in [2.24, 2.45) is 0 Å². The van der Waals surface area contributed by atoms with Crippen molar-refractivity contribution in [2.75, 3.05) is 6.54 Å². The van der Waals surface area contributed by atoms with Crippen LogP contribution in [0.2, 0.25) is 0 Å². The Morgan fingerprint density at radius 1 is 1.39 bits per heavy atom. The second kappa shape index (κ2) is 4.78. The molecule has 1 aliphatic heterocycles. The number of benzene rings is 1. The minimum absolute atomic E-state index is 0.148. The number of aromatic nitrogens is 2. The van der Waals surface area contributed by atoms with E-state index in [4.69, 9.17) is 9.26 Å². The van der Waals surface area contributed by atoms with Crippen LogP contribution in [-0.2, 0) is 13.0 Å². The maximum atomic E-state index is 5.79. The van der Waals surface area contributed by atoms with Gasteiger partial charge in [0.15, 0.2) is 11.9 Å². The normalized spacial score (nSPS) is 17.5. The number of nitrogens with zero attached hydrogens (tertiary/aromatic N) is 2. The minimum Gasteiger partial charge on any atom is -0.480 e. The molecule has 5 nitrogen and oxygen atoms in total. The molecule has 0 fully saturated rings. The first-order valence-corrected chi connectivity index (χ1v) is 6.14. The summed E-state index contributed by atoms with van der Waals surface area (Å²) in [5.74, 6) is 2.14. The standard InChI is InChI=1S/C13H15N3O2/c1-2-14-8-12-15-13(18-16-12)11-7-9-5-3-4-6-10(9)17-11/h3-6,11,14H,2,7-8H2,1H3. The summed E-state index contributed by atoms with van der Waals surface area (Å²) in [5, 5.41) is 7.09. The molecule has 3 rings (SSSR count). The second-order valence-corrected chi connectivity index (χ2v) is 4.25. The molecule has 1 aromatic carbocycles. The zero-order chi connectivity index (χ0) is 12.4. The Morgan fingerprint density at radius 2 is 2.28 bits per heavy atom. The van der Waals surface area contributed by atoms with Crippen molar-refractivity contribution in [2.45, 2.75) is 26.0 Å². The van der Waals surface area contributed by atoms with E-state index >= 15 is 0 Å². The van der Waals surface area contributed by atoms with E-state index < -0.39 is 0 Å². The summed E-state index contributed by atoms with van der Waals surface area (Å²) in [6, 6.07) is 8.00. The average Bonchev–Trinajstić information content (AvgIpc) is 3.02. The minimum atomic E-state index is -0.148. The second-order valence-electron chi connectivity index (χ2n) is 4.25. The topological polar surface area (TPSA) is 60.2 Å². The fourth-order valence-corrected chi connectivity index (χ4v) is 2.03. The number of fused-ring (bicyclic) bond motifs is 1. The molecule has 5 heteroatoms. The summed E-state index contributed by atoms with van der Waals surface area (Å²) < 4.78 is 11.0. The summed E-state index contributed by atoms with van der Waals surface area (Å²) in [7, 11) is 0. The highest BCUT2D eigenvalue weighted by Gasteiger charge is 2.28. The van der Waals surface area contributed by atoms with Gasteiger partial charge in [-0.25, -0.2) is 0 Å². The smallest absolute Gasteiger partial charge is 0.268 e. The van der Waals surface area contributed by atoms with Gasteiger partial charge in [0.2, 0.25) is 0 Å². The van der Waals surface area contributed by atoms with Crippen LogP contribution in [0.1, 0.15) is 30.3 Å². The maximum Gasteiger partial charge on any atom is 0.268 e. The third kappa shape index (κ3) is 2.09. The maximum absolute atomic E-state index is 5.79. The molecule has 0 saturated carbocycles. The molecular formula is C13H15N3O2. The molecule has 2 heterocycles. The van der Waals surface area contributed by atoms with Crippen LogP contribution < -0.4 is 10.1 Å². The predicted octanol–water partition coefficient (Wildman–Crippen LogP) is 1.86. The largest absolute Gasteiger partial charge is 0.480 e.